The van der Waals surface area contributed by atoms with Crippen molar-refractivity contribution in [3.8, 4) is 11.5 Å². The molecule has 0 aromatic carbocycles. The molecule has 0 radical (unpaired) electrons. The number of aromatic nitrogens is 3. The number of rotatable bonds is 2. The third-order valence-corrected chi connectivity index (χ3v) is 1.88. The van der Waals surface area contributed by atoms with Gasteiger partial charge in [-0.15, -0.1) is 0 Å². The molecule has 0 saturated carbocycles. The molecule has 0 saturated heterocycles. The molecule has 1 N–H and O–H groups in total. The van der Waals surface area contributed by atoms with E-state index in [2.05, 4.69) is 15.0 Å². The van der Waals surface area contributed by atoms with Gasteiger partial charge >= 0.3 is 0 Å². The zero-order valence-electron chi connectivity index (χ0n) is 7.69. The van der Waals surface area contributed by atoms with E-state index in [-0.39, 0.29) is 0 Å². The van der Waals surface area contributed by atoms with E-state index in [1.807, 2.05) is 19.1 Å². The Hall–Kier alpha value is -1.97. The number of aryl methyl sites for hydroxylation is 1. The molecule has 0 aliphatic carbocycles. The fourth-order valence-electron chi connectivity index (χ4n) is 1.13. The lowest BCUT2D eigenvalue weighted by Gasteiger charge is -1.95. The standard InChI is InChI=1S/C10H9N3O/c1-7-2-3-9(11-4-7)10-12-5-8(6-14)13-10/h2-6H,1H3,(H,12,13). The van der Waals surface area contributed by atoms with E-state index in [0.717, 1.165) is 17.5 Å². The van der Waals surface area contributed by atoms with Gasteiger partial charge in [0.2, 0.25) is 0 Å². The first-order valence-electron chi connectivity index (χ1n) is 4.23. The topological polar surface area (TPSA) is 58.6 Å². The lowest BCUT2D eigenvalue weighted by Crippen LogP contribution is -1.86. The van der Waals surface area contributed by atoms with Gasteiger partial charge in [0, 0.05) is 6.20 Å². The Kier molecular flexibility index (Phi) is 2.10. The van der Waals surface area contributed by atoms with Crippen LogP contribution in [0.5, 0.6) is 0 Å². The van der Waals surface area contributed by atoms with E-state index in [1.54, 1.807) is 6.20 Å². The van der Waals surface area contributed by atoms with Crippen molar-refractivity contribution in [3.05, 3.63) is 35.8 Å². The predicted octanol–water partition coefficient (Wildman–Crippen LogP) is 1.59. The van der Waals surface area contributed by atoms with Crippen LogP contribution in [0, 0.1) is 6.92 Å². The molecule has 0 fully saturated rings. The summed E-state index contributed by atoms with van der Waals surface area (Å²) in [5.41, 5.74) is 2.29. The second-order valence-electron chi connectivity index (χ2n) is 3.03. The van der Waals surface area contributed by atoms with Crippen LogP contribution in [0.1, 0.15) is 16.1 Å². The van der Waals surface area contributed by atoms with Crippen LogP contribution in [0.2, 0.25) is 0 Å². The van der Waals surface area contributed by atoms with Crippen molar-refractivity contribution in [2.75, 3.05) is 0 Å². The minimum atomic E-state index is 0.461. The molecule has 0 aliphatic heterocycles. The monoisotopic (exact) mass is 187 g/mol. The molecule has 70 valence electrons. The number of carbonyl (C=O) groups excluding carboxylic acids is 1. The Morgan fingerprint density at radius 2 is 2.14 bits per heavy atom. The first kappa shape index (κ1) is 8.62. The summed E-state index contributed by atoms with van der Waals surface area (Å²) >= 11 is 0. The number of nitrogens with zero attached hydrogens (tertiary/aromatic N) is 2. The summed E-state index contributed by atoms with van der Waals surface area (Å²) in [6.45, 7) is 1.97. The van der Waals surface area contributed by atoms with Crippen LogP contribution in [0.15, 0.2) is 24.5 Å². The zero-order chi connectivity index (χ0) is 9.97. The van der Waals surface area contributed by atoms with Gasteiger partial charge in [0.05, 0.1) is 11.9 Å². The quantitative estimate of drug-likeness (QED) is 0.726. The maximum Gasteiger partial charge on any atom is 0.167 e. The smallest absolute Gasteiger partial charge is 0.167 e. The van der Waals surface area contributed by atoms with Crippen molar-refractivity contribution in [1.29, 1.82) is 0 Å². The fourth-order valence-corrected chi connectivity index (χ4v) is 1.13. The predicted molar refractivity (Wildman–Crippen MR) is 51.9 cm³/mol. The SMILES string of the molecule is Cc1ccc(-c2ncc(C=O)[nH]2)nc1. The van der Waals surface area contributed by atoms with Gasteiger partial charge in [-0.25, -0.2) is 4.98 Å². The summed E-state index contributed by atoms with van der Waals surface area (Å²) in [6, 6.07) is 3.81. The first-order valence-corrected chi connectivity index (χ1v) is 4.23. The van der Waals surface area contributed by atoms with Crippen LogP contribution in [-0.4, -0.2) is 21.2 Å². The molecule has 0 aliphatic rings. The largest absolute Gasteiger partial charge is 0.334 e. The third-order valence-electron chi connectivity index (χ3n) is 1.88. The zero-order valence-corrected chi connectivity index (χ0v) is 7.69. The average Bonchev–Trinajstić information content (AvgIpc) is 2.67. The number of nitrogens with one attached hydrogen (secondary N) is 1. The van der Waals surface area contributed by atoms with Crippen molar-refractivity contribution in [2.24, 2.45) is 0 Å². The average molecular weight is 187 g/mol. The summed E-state index contributed by atoms with van der Waals surface area (Å²) < 4.78 is 0. The molecule has 14 heavy (non-hydrogen) atoms. The summed E-state index contributed by atoms with van der Waals surface area (Å²) in [5.74, 6) is 0.618. The van der Waals surface area contributed by atoms with E-state index in [0.29, 0.717) is 11.5 Å². The maximum atomic E-state index is 10.4. The number of hydrogen-bond donors (Lipinski definition) is 1. The van der Waals surface area contributed by atoms with E-state index in [1.165, 1.54) is 6.20 Å². The molecule has 2 rings (SSSR count). The molecule has 2 aromatic heterocycles. The molecule has 0 bridgehead atoms. The fraction of sp³-hybridized carbons (Fsp3) is 0.100. The van der Waals surface area contributed by atoms with E-state index >= 15 is 0 Å². The van der Waals surface area contributed by atoms with Crippen molar-refractivity contribution in [3.63, 3.8) is 0 Å². The first-order chi connectivity index (χ1) is 6.79. The number of imidazole rings is 1. The van der Waals surface area contributed by atoms with Crippen molar-refractivity contribution < 1.29 is 4.79 Å². The molecule has 2 heterocycles. The summed E-state index contributed by atoms with van der Waals surface area (Å²) in [6.07, 6.45) is 3.98. The number of carbonyl (C=O) groups is 1. The van der Waals surface area contributed by atoms with Crippen LogP contribution >= 0.6 is 0 Å². The lowest BCUT2D eigenvalue weighted by atomic mass is 10.3. The van der Waals surface area contributed by atoms with E-state index in [9.17, 15) is 4.79 Å². The Morgan fingerprint density at radius 1 is 1.29 bits per heavy atom. The number of hydrogen-bond acceptors (Lipinski definition) is 3. The van der Waals surface area contributed by atoms with Crippen LogP contribution in [0.3, 0.4) is 0 Å². The Bertz CT molecular complexity index is 445. The number of H-pyrrole nitrogens is 1. The lowest BCUT2D eigenvalue weighted by molar-refractivity contribution is 0.111. The normalized spacial score (nSPS) is 10.1. The number of aromatic amines is 1. The molecule has 0 atom stereocenters. The molecule has 0 unspecified atom stereocenters. The van der Waals surface area contributed by atoms with Crippen LogP contribution < -0.4 is 0 Å². The molecule has 4 nitrogen and oxygen atoms in total. The third kappa shape index (κ3) is 1.54. The van der Waals surface area contributed by atoms with Crippen molar-refractivity contribution >= 4 is 6.29 Å². The van der Waals surface area contributed by atoms with E-state index in [4.69, 9.17) is 0 Å². The summed E-state index contributed by atoms with van der Waals surface area (Å²) in [4.78, 5) is 21.5. The van der Waals surface area contributed by atoms with E-state index < -0.39 is 0 Å². The van der Waals surface area contributed by atoms with Gasteiger partial charge in [-0.05, 0) is 18.6 Å². The van der Waals surface area contributed by atoms with Gasteiger partial charge in [0.25, 0.3) is 0 Å². The molecular formula is C10H9N3O. The Labute approximate surface area is 81.0 Å². The molecule has 2 aromatic rings. The molecule has 0 spiro atoms. The number of pyridine rings is 1. The van der Waals surface area contributed by atoms with Gasteiger partial charge in [0.1, 0.15) is 5.69 Å². The van der Waals surface area contributed by atoms with Crippen LogP contribution in [-0.2, 0) is 0 Å². The molecule has 0 amide bonds. The van der Waals surface area contributed by atoms with Gasteiger partial charge < -0.3 is 4.98 Å². The second-order valence-corrected chi connectivity index (χ2v) is 3.03. The summed E-state index contributed by atoms with van der Waals surface area (Å²) in [7, 11) is 0. The minimum absolute atomic E-state index is 0.461. The number of aldehydes is 1. The Balaban J connectivity index is 2.39. The van der Waals surface area contributed by atoms with Crippen molar-refractivity contribution in [2.45, 2.75) is 6.92 Å². The van der Waals surface area contributed by atoms with Gasteiger partial charge in [-0.1, -0.05) is 6.07 Å². The minimum Gasteiger partial charge on any atom is -0.334 e. The molecule has 4 heteroatoms. The van der Waals surface area contributed by atoms with Gasteiger partial charge in [0.15, 0.2) is 12.1 Å². The Morgan fingerprint density at radius 3 is 2.71 bits per heavy atom. The maximum absolute atomic E-state index is 10.4. The highest BCUT2D eigenvalue weighted by molar-refractivity contribution is 5.72. The van der Waals surface area contributed by atoms with Gasteiger partial charge in [-0.3, -0.25) is 9.78 Å². The second kappa shape index (κ2) is 3.41. The van der Waals surface area contributed by atoms with Crippen LogP contribution in [0.4, 0.5) is 0 Å². The highest BCUT2D eigenvalue weighted by Gasteiger charge is 2.03. The summed E-state index contributed by atoms with van der Waals surface area (Å²) in [5, 5.41) is 0. The van der Waals surface area contributed by atoms with Crippen molar-refractivity contribution in [1.82, 2.24) is 15.0 Å². The van der Waals surface area contributed by atoms with Gasteiger partial charge in [-0.2, -0.15) is 0 Å². The highest BCUT2D eigenvalue weighted by Crippen LogP contribution is 2.12. The highest BCUT2D eigenvalue weighted by atomic mass is 16.1. The van der Waals surface area contributed by atoms with Crippen LogP contribution in [0.25, 0.3) is 11.5 Å². The molecular weight excluding hydrogens is 178 g/mol.